The van der Waals surface area contributed by atoms with Crippen molar-refractivity contribution in [3.8, 4) is 11.5 Å². The van der Waals surface area contributed by atoms with Gasteiger partial charge in [0.15, 0.2) is 0 Å². The molecule has 0 spiro atoms. The molecule has 2 amide bonds. The van der Waals surface area contributed by atoms with E-state index in [9.17, 15) is 19.8 Å². The molecular formula is C24H29N3O4. The Hall–Kier alpha value is -3.32. The van der Waals surface area contributed by atoms with Crippen LogP contribution in [0.3, 0.4) is 0 Å². The Morgan fingerprint density at radius 1 is 1.06 bits per heavy atom. The molecule has 0 unspecified atom stereocenters. The van der Waals surface area contributed by atoms with E-state index in [0.29, 0.717) is 31.6 Å². The molecule has 0 radical (unpaired) electrons. The summed E-state index contributed by atoms with van der Waals surface area (Å²) in [7, 11) is 5.61. The maximum absolute atomic E-state index is 13.0. The molecule has 0 bridgehead atoms. The molecule has 7 nitrogen and oxygen atoms in total. The number of carbonyl (C=O) groups is 2. The summed E-state index contributed by atoms with van der Waals surface area (Å²) in [5.41, 5.74) is 3.58. The number of nitrogens with zero attached hydrogens (tertiary/aromatic N) is 3. The lowest BCUT2D eigenvalue weighted by molar-refractivity contribution is -0.113. The highest BCUT2D eigenvalue weighted by Gasteiger charge is 2.25. The number of carbonyl (C=O) groups excluding carboxylic acids is 2. The zero-order valence-corrected chi connectivity index (χ0v) is 18.4. The second-order valence-electron chi connectivity index (χ2n) is 8.15. The Kier molecular flexibility index (Phi) is 6.65. The molecule has 2 aromatic carbocycles. The fourth-order valence-corrected chi connectivity index (χ4v) is 3.56. The fourth-order valence-electron chi connectivity index (χ4n) is 3.56. The lowest BCUT2D eigenvalue weighted by atomic mass is 9.97. The van der Waals surface area contributed by atoms with Crippen molar-refractivity contribution in [2.45, 2.75) is 19.9 Å². The number of benzene rings is 2. The number of phenolic OH excluding ortho intramolecular Hbond substituents is 2. The molecule has 0 saturated heterocycles. The molecule has 2 N–H and O–H groups in total. The van der Waals surface area contributed by atoms with E-state index in [1.54, 1.807) is 29.8 Å². The van der Waals surface area contributed by atoms with Gasteiger partial charge in [-0.1, -0.05) is 12.1 Å². The Morgan fingerprint density at radius 2 is 1.81 bits per heavy atom. The van der Waals surface area contributed by atoms with Crippen LogP contribution in [0, 0.1) is 6.92 Å². The third kappa shape index (κ3) is 5.06. The number of hydrogen-bond donors (Lipinski definition) is 2. The lowest BCUT2D eigenvalue weighted by Crippen LogP contribution is -2.36. The van der Waals surface area contributed by atoms with Crippen molar-refractivity contribution < 1.29 is 19.8 Å². The van der Waals surface area contributed by atoms with E-state index < -0.39 is 0 Å². The molecule has 3 rings (SSSR count). The summed E-state index contributed by atoms with van der Waals surface area (Å²) in [6.45, 7) is 3.29. The smallest absolute Gasteiger partial charge is 0.257 e. The summed E-state index contributed by atoms with van der Waals surface area (Å²) in [5, 5.41) is 19.9. The van der Waals surface area contributed by atoms with Gasteiger partial charge in [0.2, 0.25) is 5.91 Å². The van der Waals surface area contributed by atoms with Gasteiger partial charge in [-0.25, -0.2) is 0 Å². The van der Waals surface area contributed by atoms with Crippen LogP contribution in [0.5, 0.6) is 11.5 Å². The number of phenols is 2. The highest BCUT2D eigenvalue weighted by Crippen LogP contribution is 2.30. The van der Waals surface area contributed by atoms with E-state index in [2.05, 4.69) is 0 Å². The number of amides is 2. The van der Waals surface area contributed by atoms with Gasteiger partial charge < -0.3 is 24.9 Å². The van der Waals surface area contributed by atoms with Gasteiger partial charge in [-0.05, 0) is 62.3 Å². The van der Waals surface area contributed by atoms with Crippen molar-refractivity contribution in [3.63, 3.8) is 0 Å². The quantitative estimate of drug-likeness (QED) is 0.723. The highest BCUT2D eigenvalue weighted by atomic mass is 16.3. The molecule has 31 heavy (non-hydrogen) atoms. The van der Waals surface area contributed by atoms with E-state index in [-0.39, 0.29) is 28.9 Å². The molecule has 1 aliphatic rings. The molecule has 7 heteroatoms. The zero-order valence-electron chi connectivity index (χ0n) is 18.4. The lowest BCUT2D eigenvalue weighted by Gasteiger charge is -2.30. The van der Waals surface area contributed by atoms with Gasteiger partial charge in [0, 0.05) is 44.5 Å². The standard InChI is InChI=1S/C24H29N3O4/c1-16-12-20(22(29)14-21(16)28)24(31)27-11-9-17-7-8-19(13-18(17)15-27)26(4)23(30)6-5-10-25(2)3/h5-8,12-14,28-29H,9-11,15H2,1-4H3/b6-5+. The number of likely N-dealkylation sites (N-methyl/N-ethyl adjacent to an activating group) is 2. The molecule has 2 aromatic rings. The molecule has 0 aliphatic carbocycles. The van der Waals surface area contributed by atoms with Crippen molar-refractivity contribution in [1.29, 1.82) is 0 Å². The number of anilines is 1. The zero-order chi connectivity index (χ0) is 22.7. The first-order chi connectivity index (χ1) is 14.7. The van der Waals surface area contributed by atoms with Crippen LogP contribution in [-0.2, 0) is 17.8 Å². The summed E-state index contributed by atoms with van der Waals surface area (Å²) >= 11 is 0. The fraction of sp³-hybridized carbons (Fsp3) is 0.333. The molecule has 0 fully saturated rings. The minimum Gasteiger partial charge on any atom is -0.508 e. The Balaban J connectivity index is 1.78. The summed E-state index contributed by atoms with van der Waals surface area (Å²) in [4.78, 5) is 30.7. The maximum Gasteiger partial charge on any atom is 0.257 e. The molecule has 164 valence electrons. The van der Waals surface area contributed by atoms with Crippen LogP contribution in [0.4, 0.5) is 5.69 Å². The minimum absolute atomic E-state index is 0.0463. The first kappa shape index (κ1) is 22.4. The SMILES string of the molecule is Cc1cc(C(=O)N2CCc3ccc(N(C)C(=O)/C=C/CN(C)C)cc3C2)c(O)cc1O. The van der Waals surface area contributed by atoms with E-state index in [1.807, 2.05) is 43.3 Å². The van der Waals surface area contributed by atoms with E-state index >= 15 is 0 Å². The van der Waals surface area contributed by atoms with Crippen LogP contribution >= 0.6 is 0 Å². The van der Waals surface area contributed by atoms with Crippen LogP contribution in [-0.4, -0.2) is 66.1 Å². The average molecular weight is 424 g/mol. The number of rotatable bonds is 5. The highest BCUT2D eigenvalue weighted by molar-refractivity contribution is 6.01. The monoisotopic (exact) mass is 423 g/mol. The van der Waals surface area contributed by atoms with Crippen molar-refractivity contribution >= 4 is 17.5 Å². The second kappa shape index (κ2) is 9.22. The van der Waals surface area contributed by atoms with Gasteiger partial charge in [-0.2, -0.15) is 0 Å². The minimum atomic E-state index is -0.285. The van der Waals surface area contributed by atoms with Crippen LogP contribution < -0.4 is 4.90 Å². The third-order valence-corrected chi connectivity index (χ3v) is 5.48. The molecule has 1 heterocycles. The van der Waals surface area contributed by atoms with Crippen LogP contribution in [0.15, 0.2) is 42.5 Å². The first-order valence-corrected chi connectivity index (χ1v) is 10.2. The maximum atomic E-state index is 13.0. The topological polar surface area (TPSA) is 84.3 Å². The van der Waals surface area contributed by atoms with Crippen molar-refractivity contribution in [2.24, 2.45) is 0 Å². The summed E-state index contributed by atoms with van der Waals surface area (Å²) < 4.78 is 0. The first-order valence-electron chi connectivity index (χ1n) is 10.2. The molecular weight excluding hydrogens is 394 g/mol. The Morgan fingerprint density at radius 3 is 2.52 bits per heavy atom. The molecule has 0 aromatic heterocycles. The largest absolute Gasteiger partial charge is 0.508 e. The molecule has 1 aliphatic heterocycles. The summed E-state index contributed by atoms with van der Waals surface area (Å²) in [6.07, 6.45) is 4.08. The van der Waals surface area contributed by atoms with Crippen LogP contribution in [0.25, 0.3) is 0 Å². The van der Waals surface area contributed by atoms with Crippen molar-refractivity contribution in [1.82, 2.24) is 9.80 Å². The van der Waals surface area contributed by atoms with Crippen molar-refractivity contribution in [2.75, 3.05) is 39.1 Å². The van der Waals surface area contributed by atoms with Gasteiger partial charge in [-0.3, -0.25) is 9.59 Å². The molecule has 0 atom stereocenters. The predicted molar refractivity (Wildman–Crippen MR) is 120 cm³/mol. The Bertz CT molecular complexity index is 1030. The van der Waals surface area contributed by atoms with Gasteiger partial charge in [0.1, 0.15) is 11.5 Å². The van der Waals surface area contributed by atoms with E-state index in [4.69, 9.17) is 0 Å². The Labute approximate surface area is 182 Å². The van der Waals surface area contributed by atoms with E-state index in [1.165, 1.54) is 12.1 Å². The van der Waals surface area contributed by atoms with Gasteiger partial charge in [0.05, 0.1) is 5.56 Å². The third-order valence-electron chi connectivity index (χ3n) is 5.48. The predicted octanol–water partition coefficient (Wildman–Crippen LogP) is 2.69. The molecule has 0 saturated carbocycles. The van der Waals surface area contributed by atoms with Gasteiger partial charge in [-0.15, -0.1) is 0 Å². The summed E-state index contributed by atoms with van der Waals surface area (Å²) in [5.74, 6) is -0.680. The van der Waals surface area contributed by atoms with Gasteiger partial charge in [0.25, 0.3) is 5.91 Å². The van der Waals surface area contributed by atoms with Gasteiger partial charge >= 0.3 is 0 Å². The normalized spacial score (nSPS) is 13.5. The number of fused-ring (bicyclic) bond motifs is 1. The summed E-state index contributed by atoms with van der Waals surface area (Å²) in [6, 6.07) is 8.56. The van der Waals surface area contributed by atoms with Crippen molar-refractivity contribution in [3.05, 3.63) is 64.7 Å². The number of hydrogen-bond acceptors (Lipinski definition) is 5. The van der Waals surface area contributed by atoms with Crippen LogP contribution in [0.2, 0.25) is 0 Å². The number of aromatic hydroxyl groups is 2. The second-order valence-corrected chi connectivity index (χ2v) is 8.15. The average Bonchev–Trinajstić information content (AvgIpc) is 2.74. The number of aryl methyl sites for hydroxylation is 1. The van der Waals surface area contributed by atoms with E-state index in [0.717, 1.165) is 16.8 Å². The van der Waals surface area contributed by atoms with Crippen LogP contribution in [0.1, 0.15) is 27.0 Å².